The molecule has 2 bridgehead atoms. The monoisotopic (exact) mass is 412 g/mol. The second-order valence-electron chi connectivity index (χ2n) is 7.09. The van der Waals surface area contributed by atoms with Gasteiger partial charge in [0.15, 0.2) is 16.6 Å². The van der Waals surface area contributed by atoms with Gasteiger partial charge in [-0.15, -0.1) is 0 Å². The standard InChI is InChI=1S/C22H24N2O4S/c1-4-26-16-13-9-12-15-18-17(20(25)27-5-2)22(3,28-19(15)16)24(21(29)23-18)14-10-7-6-8-11-14/h6-13,17-18H,4-5H2,1-3H3,(H,23,29)/t17-,18+,22+/m0/s1. The average molecular weight is 413 g/mol. The van der Waals surface area contributed by atoms with Crippen LogP contribution in [0.3, 0.4) is 0 Å². The molecular formula is C22H24N2O4S. The van der Waals surface area contributed by atoms with E-state index in [-0.39, 0.29) is 12.0 Å². The number of carbonyl (C=O) groups excluding carboxylic acids is 1. The van der Waals surface area contributed by atoms with Gasteiger partial charge < -0.3 is 19.5 Å². The summed E-state index contributed by atoms with van der Waals surface area (Å²) in [6.45, 7) is 6.41. The molecule has 0 spiro atoms. The van der Waals surface area contributed by atoms with Gasteiger partial charge in [0.25, 0.3) is 0 Å². The Morgan fingerprint density at radius 2 is 1.93 bits per heavy atom. The molecule has 1 N–H and O–H groups in total. The molecule has 29 heavy (non-hydrogen) atoms. The van der Waals surface area contributed by atoms with Crippen LogP contribution in [-0.2, 0) is 9.53 Å². The SMILES string of the molecule is CCOC(=O)[C@@H]1[C@@H]2NC(=S)N(c3ccccc3)[C@]1(C)Oc1c(OCC)cccc12. The lowest BCUT2D eigenvalue weighted by atomic mass is 9.79. The average Bonchev–Trinajstić information content (AvgIpc) is 2.69. The van der Waals surface area contributed by atoms with E-state index in [0.29, 0.717) is 29.8 Å². The van der Waals surface area contributed by atoms with Gasteiger partial charge in [-0.05, 0) is 51.2 Å². The maximum absolute atomic E-state index is 13.1. The normalized spacial score (nSPS) is 24.8. The summed E-state index contributed by atoms with van der Waals surface area (Å²) in [6, 6.07) is 15.0. The van der Waals surface area contributed by atoms with Crippen molar-refractivity contribution in [1.82, 2.24) is 5.32 Å². The number of ether oxygens (including phenoxy) is 3. The highest BCUT2D eigenvalue weighted by Crippen LogP contribution is 2.52. The van der Waals surface area contributed by atoms with Crippen LogP contribution < -0.4 is 19.7 Å². The van der Waals surface area contributed by atoms with Crippen molar-refractivity contribution in [1.29, 1.82) is 0 Å². The Morgan fingerprint density at radius 1 is 1.17 bits per heavy atom. The van der Waals surface area contributed by atoms with Gasteiger partial charge in [0, 0.05) is 11.3 Å². The lowest BCUT2D eigenvalue weighted by Crippen LogP contribution is -2.71. The highest BCUT2D eigenvalue weighted by molar-refractivity contribution is 7.80. The molecule has 0 saturated carbocycles. The van der Waals surface area contributed by atoms with E-state index in [4.69, 9.17) is 26.4 Å². The lowest BCUT2D eigenvalue weighted by Gasteiger charge is -2.55. The van der Waals surface area contributed by atoms with Crippen molar-refractivity contribution in [2.45, 2.75) is 32.5 Å². The quantitative estimate of drug-likeness (QED) is 0.592. The molecule has 4 rings (SSSR count). The van der Waals surface area contributed by atoms with Crippen LogP contribution in [0.5, 0.6) is 11.5 Å². The van der Waals surface area contributed by atoms with Gasteiger partial charge in [0.1, 0.15) is 5.92 Å². The van der Waals surface area contributed by atoms with Gasteiger partial charge in [0.05, 0.1) is 19.3 Å². The fraction of sp³-hybridized carbons (Fsp3) is 0.364. The first-order chi connectivity index (χ1) is 14.0. The van der Waals surface area contributed by atoms with E-state index in [9.17, 15) is 4.79 Å². The molecule has 1 fully saturated rings. The van der Waals surface area contributed by atoms with Crippen molar-refractivity contribution in [2.24, 2.45) is 5.92 Å². The molecule has 0 unspecified atom stereocenters. The predicted molar refractivity (Wildman–Crippen MR) is 114 cm³/mol. The summed E-state index contributed by atoms with van der Waals surface area (Å²) < 4.78 is 17.8. The largest absolute Gasteiger partial charge is 0.490 e. The third-order valence-corrected chi connectivity index (χ3v) is 5.64. The molecule has 7 heteroatoms. The van der Waals surface area contributed by atoms with E-state index >= 15 is 0 Å². The van der Waals surface area contributed by atoms with Crippen molar-refractivity contribution >= 4 is 29.0 Å². The molecule has 2 aromatic carbocycles. The van der Waals surface area contributed by atoms with Crippen LogP contribution in [0, 0.1) is 5.92 Å². The Bertz CT molecular complexity index is 936. The summed E-state index contributed by atoms with van der Waals surface area (Å²) in [5.74, 6) is 0.312. The van der Waals surface area contributed by atoms with E-state index < -0.39 is 11.6 Å². The van der Waals surface area contributed by atoms with E-state index in [0.717, 1.165) is 11.3 Å². The predicted octanol–water partition coefficient (Wildman–Crippen LogP) is 3.81. The van der Waals surface area contributed by atoms with Crippen molar-refractivity contribution in [2.75, 3.05) is 18.1 Å². The Labute approximate surface area is 175 Å². The number of benzene rings is 2. The molecule has 0 aromatic heterocycles. The van der Waals surface area contributed by atoms with Crippen LogP contribution in [0.2, 0.25) is 0 Å². The second-order valence-corrected chi connectivity index (χ2v) is 7.48. The molecule has 0 aliphatic carbocycles. The number of anilines is 1. The molecule has 2 aromatic rings. The molecule has 0 amide bonds. The number of carbonyl (C=O) groups is 1. The number of nitrogens with zero attached hydrogens (tertiary/aromatic N) is 1. The van der Waals surface area contributed by atoms with Gasteiger partial charge in [-0.1, -0.05) is 30.3 Å². The van der Waals surface area contributed by atoms with Crippen molar-refractivity contribution in [3.05, 3.63) is 54.1 Å². The topological polar surface area (TPSA) is 60.0 Å². The number of para-hydroxylation sites is 2. The summed E-state index contributed by atoms with van der Waals surface area (Å²) in [5.41, 5.74) is 0.583. The van der Waals surface area contributed by atoms with Crippen LogP contribution in [0.1, 0.15) is 32.4 Å². The van der Waals surface area contributed by atoms with Gasteiger partial charge in [0.2, 0.25) is 5.72 Å². The first-order valence-corrected chi connectivity index (χ1v) is 10.2. The van der Waals surface area contributed by atoms with Crippen LogP contribution >= 0.6 is 12.2 Å². The molecular weight excluding hydrogens is 388 g/mol. The van der Waals surface area contributed by atoms with Crippen LogP contribution in [0.4, 0.5) is 5.69 Å². The number of esters is 1. The molecule has 152 valence electrons. The molecule has 2 aliphatic rings. The zero-order valence-electron chi connectivity index (χ0n) is 16.7. The number of fused-ring (bicyclic) bond motifs is 4. The summed E-state index contributed by atoms with van der Waals surface area (Å²) in [4.78, 5) is 14.9. The molecule has 2 heterocycles. The highest BCUT2D eigenvalue weighted by Gasteiger charge is 2.60. The summed E-state index contributed by atoms with van der Waals surface area (Å²) >= 11 is 5.70. The summed E-state index contributed by atoms with van der Waals surface area (Å²) in [7, 11) is 0. The lowest BCUT2D eigenvalue weighted by molar-refractivity contribution is -0.159. The van der Waals surface area contributed by atoms with E-state index in [2.05, 4.69) is 5.32 Å². The molecule has 3 atom stereocenters. The smallest absolute Gasteiger partial charge is 0.317 e. The van der Waals surface area contributed by atoms with Crippen molar-refractivity contribution < 1.29 is 19.0 Å². The van der Waals surface area contributed by atoms with Crippen LogP contribution in [-0.4, -0.2) is 30.0 Å². The summed E-state index contributed by atoms with van der Waals surface area (Å²) in [5, 5.41) is 3.85. The number of thiocarbonyl (C=S) groups is 1. The fourth-order valence-electron chi connectivity index (χ4n) is 4.20. The molecule has 0 radical (unpaired) electrons. The van der Waals surface area contributed by atoms with Crippen LogP contribution in [0.15, 0.2) is 48.5 Å². The maximum atomic E-state index is 13.1. The molecule has 1 saturated heterocycles. The Balaban J connectivity index is 1.90. The van der Waals surface area contributed by atoms with E-state index in [1.165, 1.54) is 0 Å². The first kappa shape index (κ1) is 19.5. The summed E-state index contributed by atoms with van der Waals surface area (Å²) in [6.07, 6.45) is 0. The number of nitrogens with one attached hydrogen (secondary N) is 1. The van der Waals surface area contributed by atoms with Gasteiger partial charge in [-0.3, -0.25) is 9.69 Å². The number of rotatable bonds is 5. The minimum absolute atomic E-state index is 0.291. The van der Waals surface area contributed by atoms with E-state index in [1.807, 2.05) is 67.3 Å². The van der Waals surface area contributed by atoms with Gasteiger partial charge >= 0.3 is 5.97 Å². The third-order valence-electron chi connectivity index (χ3n) is 5.34. The first-order valence-electron chi connectivity index (χ1n) is 9.78. The Kier molecular flexibility index (Phi) is 5.08. The second kappa shape index (κ2) is 7.55. The van der Waals surface area contributed by atoms with Crippen molar-refractivity contribution in [3.63, 3.8) is 0 Å². The number of hydrogen-bond donors (Lipinski definition) is 1. The zero-order chi connectivity index (χ0) is 20.6. The van der Waals surface area contributed by atoms with E-state index in [1.54, 1.807) is 6.92 Å². The zero-order valence-corrected chi connectivity index (χ0v) is 17.5. The highest BCUT2D eigenvalue weighted by atomic mass is 32.1. The third kappa shape index (κ3) is 3.09. The maximum Gasteiger partial charge on any atom is 0.317 e. The van der Waals surface area contributed by atoms with Gasteiger partial charge in [-0.2, -0.15) is 0 Å². The fourth-order valence-corrected chi connectivity index (χ4v) is 4.61. The van der Waals surface area contributed by atoms with Crippen molar-refractivity contribution in [3.8, 4) is 11.5 Å². The van der Waals surface area contributed by atoms with Gasteiger partial charge in [-0.25, -0.2) is 0 Å². The minimum atomic E-state index is -1.08. The molecule has 6 nitrogen and oxygen atoms in total. The Hall–Kier alpha value is -2.80. The molecule has 2 aliphatic heterocycles. The van der Waals surface area contributed by atoms with Crippen LogP contribution in [0.25, 0.3) is 0 Å². The number of hydrogen-bond acceptors (Lipinski definition) is 5. The minimum Gasteiger partial charge on any atom is -0.490 e. The Morgan fingerprint density at radius 3 is 2.62 bits per heavy atom.